The quantitative estimate of drug-likeness (QED) is 0.895. The van der Waals surface area contributed by atoms with Crippen LogP contribution >= 0.6 is 0 Å². The molecule has 0 saturated carbocycles. The van der Waals surface area contributed by atoms with E-state index in [9.17, 15) is 0 Å². The normalized spacial score (nSPS) is 20.5. The van der Waals surface area contributed by atoms with Gasteiger partial charge in [0.05, 0.1) is 7.11 Å². The van der Waals surface area contributed by atoms with Gasteiger partial charge in [-0.2, -0.15) is 0 Å². The summed E-state index contributed by atoms with van der Waals surface area (Å²) in [5, 5.41) is 1.21. The van der Waals surface area contributed by atoms with Crippen molar-refractivity contribution < 1.29 is 4.74 Å². The minimum absolute atomic E-state index is 0.267. The van der Waals surface area contributed by atoms with E-state index in [2.05, 4.69) is 41.9 Å². The van der Waals surface area contributed by atoms with E-state index in [1.807, 2.05) is 19.1 Å². The third kappa shape index (κ3) is 2.38. The number of fused-ring (bicyclic) bond motifs is 1. The van der Waals surface area contributed by atoms with Crippen LogP contribution in [0.15, 0.2) is 49.1 Å². The van der Waals surface area contributed by atoms with Crippen LogP contribution in [0, 0.1) is 5.92 Å². The van der Waals surface area contributed by atoms with Crippen LogP contribution in [0.3, 0.4) is 0 Å². The highest BCUT2D eigenvalue weighted by Gasteiger charge is 2.25. The van der Waals surface area contributed by atoms with Gasteiger partial charge in [-0.25, -0.2) is 0 Å². The van der Waals surface area contributed by atoms with Gasteiger partial charge in [0.2, 0.25) is 0 Å². The molecule has 3 rings (SSSR count). The molecule has 1 heterocycles. The van der Waals surface area contributed by atoms with Crippen molar-refractivity contribution in [3.8, 4) is 5.75 Å². The van der Waals surface area contributed by atoms with Gasteiger partial charge in [-0.1, -0.05) is 30.9 Å². The lowest BCUT2D eigenvalue weighted by molar-refractivity contribution is 0.415. The maximum atomic E-state index is 5.98. The summed E-state index contributed by atoms with van der Waals surface area (Å²) in [6.45, 7) is 6.80. The maximum absolute atomic E-state index is 5.98. The van der Waals surface area contributed by atoms with E-state index >= 15 is 0 Å². The fourth-order valence-corrected chi connectivity index (χ4v) is 3.20. The number of nitrogens with one attached hydrogen (secondary N) is 1. The Bertz CT molecular complexity index is 767. The lowest BCUT2D eigenvalue weighted by Gasteiger charge is -2.24. The molecule has 3 nitrogen and oxygen atoms in total. The Morgan fingerprint density at radius 3 is 2.77 bits per heavy atom. The molecule has 22 heavy (non-hydrogen) atoms. The van der Waals surface area contributed by atoms with Crippen LogP contribution in [-0.2, 0) is 0 Å². The van der Waals surface area contributed by atoms with Gasteiger partial charge in [-0.15, -0.1) is 0 Å². The standard InChI is InChI=1S/C19H22N2O/c1-12(2)19-18(15-7-5-4-6-13(15)11-20)16-9-8-14(22-3)10-17(16)21-19/h4-10,13,15,21H,1,11,20H2,2-3H3. The molecule has 0 saturated heterocycles. The van der Waals surface area contributed by atoms with Crippen molar-refractivity contribution in [1.82, 2.24) is 4.98 Å². The number of benzene rings is 1. The topological polar surface area (TPSA) is 51.0 Å². The average Bonchev–Trinajstić information content (AvgIpc) is 2.93. The third-order valence-electron chi connectivity index (χ3n) is 4.33. The molecule has 0 spiro atoms. The zero-order chi connectivity index (χ0) is 15.7. The smallest absolute Gasteiger partial charge is 0.120 e. The Labute approximate surface area is 131 Å². The Morgan fingerprint density at radius 1 is 1.32 bits per heavy atom. The number of allylic oxidation sites excluding steroid dienone is 4. The van der Waals surface area contributed by atoms with Crippen LogP contribution in [0.5, 0.6) is 5.75 Å². The number of aromatic amines is 1. The van der Waals surface area contributed by atoms with Gasteiger partial charge in [0.25, 0.3) is 0 Å². The molecule has 1 aromatic carbocycles. The summed E-state index contributed by atoms with van der Waals surface area (Å²) in [5.74, 6) is 1.43. The first kappa shape index (κ1) is 14.7. The minimum atomic E-state index is 0.267. The molecule has 0 fully saturated rings. The van der Waals surface area contributed by atoms with Crippen molar-refractivity contribution in [3.05, 3.63) is 60.3 Å². The molecule has 1 aromatic heterocycles. The average molecular weight is 294 g/mol. The van der Waals surface area contributed by atoms with E-state index in [1.165, 1.54) is 10.9 Å². The van der Waals surface area contributed by atoms with Crippen LogP contribution in [0.25, 0.3) is 16.5 Å². The SMILES string of the molecule is C=C(C)c1[nH]c2cc(OC)ccc2c1C1C=CC=CC1CN. The molecular weight excluding hydrogens is 272 g/mol. The minimum Gasteiger partial charge on any atom is -0.497 e. The predicted octanol–water partition coefficient (Wildman–Crippen LogP) is 3.99. The van der Waals surface area contributed by atoms with E-state index < -0.39 is 0 Å². The number of ether oxygens (including phenoxy) is 1. The highest BCUT2D eigenvalue weighted by molar-refractivity contribution is 5.90. The zero-order valence-electron chi connectivity index (χ0n) is 13.1. The summed E-state index contributed by atoms with van der Waals surface area (Å²) < 4.78 is 5.33. The second-order valence-corrected chi connectivity index (χ2v) is 5.80. The number of hydrogen-bond donors (Lipinski definition) is 2. The second kappa shape index (κ2) is 5.85. The molecule has 2 unspecified atom stereocenters. The van der Waals surface area contributed by atoms with Crippen LogP contribution in [0.1, 0.15) is 24.1 Å². The van der Waals surface area contributed by atoms with Gasteiger partial charge >= 0.3 is 0 Å². The molecule has 1 aliphatic rings. The Balaban J connectivity index is 2.22. The van der Waals surface area contributed by atoms with Crippen molar-refractivity contribution in [2.45, 2.75) is 12.8 Å². The number of H-pyrrole nitrogens is 1. The molecule has 2 aromatic rings. The third-order valence-corrected chi connectivity index (χ3v) is 4.33. The summed E-state index contributed by atoms with van der Waals surface area (Å²) >= 11 is 0. The fourth-order valence-electron chi connectivity index (χ4n) is 3.20. The Hall–Kier alpha value is -2.26. The van der Waals surface area contributed by atoms with Crippen molar-refractivity contribution in [3.63, 3.8) is 0 Å². The van der Waals surface area contributed by atoms with Crippen molar-refractivity contribution in [1.29, 1.82) is 0 Å². The zero-order valence-corrected chi connectivity index (χ0v) is 13.1. The van der Waals surface area contributed by atoms with Gasteiger partial charge in [-0.3, -0.25) is 0 Å². The summed E-state index contributed by atoms with van der Waals surface area (Å²) in [6, 6.07) is 6.15. The molecular formula is C19H22N2O. The van der Waals surface area contributed by atoms with Crippen molar-refractivity contribution >= 4 is 16.5 Å². The summed E-state index contributed by atoms with van der Waals surface area (Å²) in [5.41, 5.74) is 10.5. The van der Waals surface area contributed by atoms with Gasteiger partial charge < -0.3 is 15.5 Å². The summed E-state index contributed by atoms with van der Waals surface area (Å²) in [4.78, 5) is 3.50. The highest BCUT2D eigenvalue weighted by atomic mass is 16.5. The number of nitrogens with two attached hydrogens (primary N) is 1. The van der Waals surface area contributed by atoms with E-state index in [-0.39, 0.29) is 5.92 Å². The Morgan fingerprint density at radius 2 is 2.09 bits per heavy atom. The lowest BCUT2D eigenvalue weighted by atomic mass is 9.81. The lowest BCUT2D eigenvalue weighted by Crippen LogP contribution is -2.21. The first-order valence-electron chi connectivity index (χ1n) is 7.56. The van der Waals surface area contributed by atoms with Crippen LogP contribution in [-0.4, -0.2) is 18.6 Å². The molecule has 3 N–H and O–H groups in total. The Kier molecular flexibility index (Phi) is 3.90. The van der Waals surface area contributed by atoms with Crippen LogP contribution < -0.4 is 10.5 Å². The van der Waals surface area contributed by atoms with E-state index in [0.717, 1.165) is 22.5 Å². The number of hydrogen-bond acceptors (Lipinski definition) is 2. The molecule has 3 heteroatoms. The van der Waals surface area contributed by atoms with Gasteiger partial charge in [-0.05, 0) is 42.7 Å². The molecule has 0 amide bonds. The maximum Gasteiger partial charge on any atom is 0.120 e. The molecule has 0 aliphatic heterocycles. The van der Waals surface area contributed by atoms with E-state index in [4.69, 9.17) is 10.5 Å². The predicted molar refractivity (Wildman–Crippen MR) is 93.1 cm³/mol. The van der Waals surface area contributed by atoms with Gasteiger partial charge in [0, 0.05) is 28.6 Å². The van der Waals surface area contributed by atoms with Crippen molar-refractivity contribution in [2.75, 3.05) is 13.7 Å². The molecule has 0 radical (unpaired) electrons. The monoisotopic (exact) mass is 294 g/mol. The molecule has 2 atom stereocenters. The number of aromatic nitrogens is 1. The highest BCUT2D eigenvalue weighted by Crippen LogP contribution is 2.39. The first-order chi connectivity index (χ1) is 10.7. The molecule has 1 aliphatic carbocycles. The fraction of sp³-hybridized carbons (Fsp3) is 0.263. The van der Waals surface area contributed by atoms with Gasteiger partial charge in [0.15, 0.2) is 0 Å². The van der Waals surface area contributed by atoms with Gasteiger partial charge in [0.1, 0.15) is 5.75 Å². The van der Waals surface area contributed by atoms with E-state index in [0.29, 0.717) is 12.5 Å². The van der Waals surface area contributed by atoms with Crippen molar-refractivity contribution in [2.24, 2.45) is 11.7 Å². The molecule has 0 bridgehead atoms. The summed E-state index contributed by atoms with van der Waals surface area (Å²) in [7, 11) is 1.68. The second-order valence-electron chi connectivity index (χ2n) is 5.80. The number of rotatable bonds is 4. The largest absolute Gasteiger partial charge is 0.497 e. The van der Waals surface area contributed by atoms with Crippen LogP contribution in [0.2, 0.25) is 0 Å². The van der Waals surface area contributed by atoms with Crippen LogP contribution in [0.4, 0.5) is 0 Å². The first-order valence-corrected chi connectivity index (χ1v) is 7.56. The summed E-state index contributed by atoms with van der Waals surface area (Å²) in [6.07, 6.45) is 8.60. The molecule has 114 valence electrons. The number of methoxy groups -OCH3 is 1. The van der Waals surface area contributed by atoms with E-state index in [1.54, 1.807) is 7.11 Å².